The zero-order chi connectivity index (χ0) is 34.9. The lowest BCUT2D eigenvalue weighted by Crippen LogP contribution is -2.70. The van der Waals surface area contributed by atoms with Crippen LogP contribution in [0.15, 0.2) is 65.1 Å². The van der Waals surface area contributed by atoms with Crippen molar-refractivity contribution >= 4 is 40.2 Å². The molecule has 1 amide bonds. The Kier molecular flexibility index (Phi) is 9.35. The van der Waals surface area contributed by atoms with Gasteiger partial charge in [0, 0.05) is 72.1 Å². The van der Waals surface area contributed by atoms with Gasteiger partial charge in [0.05, 0.1) is 32.5 Å². The molecule has 49 heavy (non-hydrogen) atoms. The molecule has 2 aromatic carbocycles. The van der Waals surface area contributed by atoms with Gasteiger partial charge in [-0.2, -0.15) is 10.2 Å². The smallest absolute Gasteiger partial charge is 0.266 e. The van der Waals surface area contributed by atoms with Crippen LogP contribution in [0.5, 0.6) is 11.5 Å². The van der Waals surface area contributed by atoms with E-state index in [0.717, 1.165) is 31.9 Å². The number of benzene rings is 2. The molecule has 4 aromatic rings. The van der Waals surface area contributed by atoms with Gasteiger partial charge in [-0.3, -0.25) is 19.1 Å². The molecule has 0 unspecified atom stereocenters. The first-order valence-electron chi connectivity index (χ1n) is 15.9. The highest BCUT2D eigenvalue weighted by Gasteiger charge is 2.52. The molecule has 2 aliphatic rings. The quantitative estimate of drug-likeness (QED) is 0.165. The second-order valence-corrected chi connectivity index (χ2v) is 13.4. The fourth-order valence-corrected chi connectivity index (χ4v) is 6.58. The third kappa shape index (κ3) is 6.70. The topological polar surface area (TPSA) is 144 Å². The number of hydrogen-bond acceptors (Lipinski definition) is 10. The SMILES string of the molecule is CNc1ncc2cc(-c3cc(OC)cc(OC)c3Cl)c(=O)n(CCc3cccc(NC(=O)C(C#N)=CC(C)(C)N4CC5(COC5)C4)c3)c2n1. The summed E-state index contributed by atoms with van der Waals surface area (Å²) in [7, 11) is 4.73. The highest BCUT2D eigenvalue weighted by Crippen LogP contribution is 2.42. The molecule has 2 fully saturated rings. The monoisotopic (exact) mass is 683 g/mol. The largest absolute Gasteiger partial charge is 0.497 e. The third-order valence-electron chi connectivity index (χ3n) is 9.16. The zero-order valence-corrected chi connectivity index (χ0v) is 28.8. The average molecular weight is 684 g/mol. The standard InChI is InChI=1S/C36H38ClN7O5/c1-35(2,43-18-36(19-43)20-49-21-36)15-24(16-38)32(45)41-25-8-6-7-22(11-25)9-10-44-31-23(17-40-34(39-3)42-31)12-28(33(44)46)27-13-26(47-4)14-29(48-5)30(27)37/h6-8,11-15,17H,9-10,18-21H2,1-5H3,(H,41,45)(H,39,40,42). The van der Waals surface area contributed by atoms with E-state index in [1.807, 2.05) is 32.0 Å². The molecule has 2 aliphatic heterocycles. The molecule has 12 nitrogen and oxygen atoms in total. The summed E-state index contributed by atoms with van der Waals surface area (Å²) in [6, 6.07) is 14.5. The summed E-state index contributed by atoms with van der Waals surface area (Å²) in [5, 5.41) is 16.6. The number of anilines is 2. The normalized spacial score (nSPS) is 15.7. The number of nitrogens with one attached hydrogen (secondary N) is 2. The van der Waals surface area contributed by atoms with Crippen molar-refractivity contribution in [3.63, 3.8) is 0 Å². The number of likely N-dealkylation sites (tertiary alicyclic amines) is 1. The van der Waals surface area contributed by atoms with Gasteiger partial charge >= 0.3 is 0 Å². The van der Waals surface area contributed by atoms with Crippen molar-refractivity contribution in [1.82, 2.24) is 19.4 Å². The van der Waals surface area contributed by atoms with Crippen LogP contribution in [0, 0.1) is 16.7 Å². The summed E-state index contributed by atoms with van der Waals surface area (Å²) < 4.78 is 17.9. The van der Waals surface area contributed by atoms with Crippen molar-refractivity contribution in [3.05, 3.63) is 81.3 Å². The molecule has 0 atom stereocenters. The van der Waals surface area contributed by atoms with Gasteiger partial charge in [0.15, 0.2) is 0 Å². The number of carbonyl (C=O) groups excluding carboxylic acids is 1. The number of amides is 1. The minimum absolute atomic E-state index is 0.0453. The van der Waals surface area contributed by atoms with Crippen molar-refractivity contribution in [3.8, 4) is 28.7 Å². The first kappa shape index (κ1) is 33.9. The van der Waals surface area contributed by atoms with E-state index in [1.165, 1.54) is 14.2 Å². The maximum atomic E-state index is 14.2. The van der Waals surface area contributed by atoms with Crippen LogP contribution in [0.1, 0.15) is 19.4 Å². The van der Waals surface area contributed by atoms with Gasteiger partial charge in [-0.15, -0.1) is 0 Å². The predicted molar refractivity (Wildman–Crippen MR) is 188 cm³/mol. The van der Waals surface area contributed by atoms with Crippen molar-refractivity contribution in [2.75, 3.05) is 58.2 Å². The molecule has 4 heterocycles. The van der Waals surface area contributed by atoms with E-state index in [1.54, 1.807) is 48.2 Å². The van der Waals surface area contributed by atoms with Crippen molar-refractivity contribution in [2.24, 2.45) is 5.41 Å². The van der Waals surface area contributed by atoms with Crippen molar-refractivity contribution in [1.29, 1.82) is 5.26 Å². The highest BCUT2D eigenvalue weighted by atomic mass is 35.5. The lowest BCUT2D eigenvalue weighted by atomic mass is 9.75. The number of fused-ring (bicyclic) bond motifs is 1. The number of carbonyl (C=O) groups is 1. The Bertz CT molecular complexity index is 2060. The molecule has 0 bridgehead atoms. The van der Waals surface area contributed by atoms with E-state index in [9.17, 15) is 14.9 Å². The first-order chi connectivity index (χ1) is 23.5. The van der Waals surface area contributed by atoms with Gasteiger partial charge in [-0.25, -0.2) is 4.98 Å². The lowest BCUT2D eigenvalue weighted by Gasteiger charge is -2.59. The molecule has 2 N–H and O–H groups in total. The van der Waals surface area contributed by atoms with Crippen LogP contribution in [0.3, 0.4) is 0 Å². The fraction of sp³-hybridized carbons (Fsp3) is 0.361. The predicted octanol–water partition coefficient (Wildman–Crippen LogP) is 4.91. The van der Waals surface area contributed by atoms with Gasteiger partial charge in [0.1, 0.15) is 28.8 Å². The number of nitrogens with zero attached hydrogens (tertiary/aromatic N) is 5. The molecular formula is C36H38ClN7O5. The summed E-state index contributed by atoms with van der Waals surface area (Å²) in [5.74, 6) is 0.748. The molecule has 2 aromatic heterocycles. The highest BCUT2D eigenvalue weighted by molar-refractivity contribution is 6.35. The Labute approximate surface area is 289 Å². The van der Waals surface area contributed by atoms with Gasteiger partial charge < -0.3 is 24.8 Å². The van der Waals surface area contributed by atoms with Crippen molar-refractivity contribution in [2.45, 2.75) is 32.4 Å². The number of halogens is 1. The molecule has 0 radical (unpaired) electrons. The summed E-state index contributed by atoms with van der Waals surface area (Å²) in [6.45, 7) is 7.56. The molecule has 1 spiro atoms. The zero-order valence-electron chi connectivity index (χ0n) is 28.1. The van der Waals surface area contributed by atoms with Gasteiger partial charge in [-0.05, 0) is 56.2 Å². The van der Waals surface area contributed by atoms with Crippen LogP contribution in [0.4, 0.5) is 11.6 Å². The molecule has 254 valence electrons. The van der Waals surface area contributed by atoms with Crippen LogP contribution in [-0.4, -0.2) is 78.5 Å². The molecule has 6 rings (SSSR count). The minimum atomic E-state index is -0.480. The summed E-state index contributed by atoms with van der Waals surface area (Å²) in [5.41, 5.74) is 2.14. The lowest BCUT2D eigenvalue weighted by molar-refractivity contribution is -0.204. The van der Waals surface area contributed by atoms with Crippen LogP contribution in [0.25, 0.3) is 22.2 Å². The molecule has 2 saturated heterocycles. The Morgan fingerprint density at radius 3 is 2.59 bits per heavy atom. The Morgan fingerprint density at radius 1 is 1.16 bits per heavy atom. The number of methoxy groups -OCH3 is 2. The molecule has 0 saturated carbocycles. The number of pyridine rings is 1. The van der Waals surface area contributed by atoms with Crippen LogP contribution in [0.2, 0.25) is 5.02 Å². The second kappa shape index (κ2) is 13.5. The molecular weight excluding hydrogens is 646 g/mol. The number of rotatable bonds is 11. The Hall–Kier alpha value is -4.96. The average Bonchev–Trinajstić information content (AvgIpc) is 3.05. The maximum Gasteiger partial charge on any atom is 0.266 e. The van der Waals surface area contributed by atoms with E-state index >= 15 is 0 Å². The van der Waals surface area contributed by atoms with Gasteiger partial charge in [-0.1, -0.05) is 23.7 Å². The summed E-state index contributed by atoms with van der Waals surface area (Å²) in [4.78, 5) is 38.6. The van der Waals surface area contributed by atoms with Crippen LogP contribution >= 0.6 is 11.6 Å². The van der Waals surface area contributed by atoms with E-state index in [0.29, 0.717) is 51.7 Å². The fourth-order valence-electron chi connectivity index (χ4n) is 6.30. The van der Waals surface area contributed by atoms with Crippen LogP contribution < -0.4 is 25.7 Å². The van der Waals surface area contributed by atoms with E-state index in [-0.39, 0.29) is 28.1 Å². The maximum absolute atomic E-state index is 14.2. The summed E-state index contributed by atoms with van der Waals surface area (Å²) >= 11 is 6.71. The Balaban J connectivity index is 1.26. The van der Waals surface area contributed by atoms with E-state index in [2.05, 4.69) is 31.6 Å². The second-order valence-electron chi connectivity index (χ2n) is 13.0. The third-order valence-corrected chi connectivity index (χ3v) is 9.55. The summed E-state index contributed by atoms with van der Waals surface area (Å²) in [6.07, 6.45) is 3.82. The van der Waals surface area contributed by atoms with Gasteiger partial charge in [0.25, 0.3) is 11.5 Å². The van der Waals surface area contributed by atoms with Crippen LogP contribution in [-0.2, 0) is 22.5 Å². The number of hydrogen-bond donors (Lipinski definition) is 2. The Morgan fingerprint density at radius 2 is 1.94 bits per heavy atom. The van der Waals surface area contributed by atoms with Crippen molar-refractivity contribution < 1.29 is 19.0 Å². The molecule has 13 heteroatoms. The number of ether oxygens (including phenoxy) is 3. The number of nitriles is 1. The number of aromatic nitrogens is 3. The first-order valence-corrected chi connectivity index (χ1v) is 16.2. The van der Waals surface area contributed by atoms with E-state index < -0.39 is 11.4 Å². The van der Waals surface area contributed by atoms with E-state index in [4.69, 9.17) is 25.8 Å². The minimum Gasteiger partial charge on any atom is -0.497 e. The van der Waals surface area contributed by atoms with Gasteiger partial charge in [0.2, 0.25) is 5.95 Å². The molecule has 0 aliphatic carbocycles. The number of aryl methyl sites for hydroxylation is 2.